The number of carbonyl (C=O) groups is 1. The number of carbonyl (C=O) groups excluding carboxylic acids is 1. The maximum absolute atomic E-state index is 13.1. The normalized spacial score (nSPS) is 24.2. The van der Waals surface area contributed by atoms with Crippen LogP contribution in [0.4, 0.5) is 10.1 Å². The van der Waals surface area contributed by atoms with E-state index in [1.54, 1.807) is 6.92 Å². The van der Waals surface area contributed by atoms with Gasteiger partial charge in [0.2, 0.25) is 5.91 Å². The highest BCUT2D eigenvalue weighted by atomic mass is 19.1. The van der Waals surface area contributed by atoms with E-state index in [0.29, 0.717) is 13.1 Å². The molecule has 2 fully saturated rings. The number of aliphatic hydroxyl groups is 1. The maximum atomic E-state index is 13.1. The molecule has 0 spiro atoms. The summed E-state index contributed by atoms with van der Waals surface area (Å²) in [6.07, 6.45) is -0.346. The van der Waals surface area contributed by atoms with E-state index in [0.717, 1.165) is 45.0 Å². The summed E-state index contributed by atoms with van der Waals surface area (Å²) in [5.74, 6) is -0.0249. The second-order valence-electron chi connectivity index (χ2n) is 8.15. The Morgan fingerprint density at radius 3 is 2.32 bits per heavy atom. The van der Waals surface area contributed by atoms with Crippen LogP contribution in [0.2, 0.25) is 0 Å². The lowest BCUT2D eigenvalue weighted by molar-refractivity contribution is -0.139. The summed E-state index contributed by atoms with van der Waals surface area (Å²) < 4.78 is 13.1. The van der Waals surface area contributed by atoms with E-state index in [-0.39, 0.29) is 29.9 Å². The number of β-amino-alcohol motifs (C(OH)–C–C–N with tert-alkyl or cyclic N) is 1. The Bertz CT molecular complexity index is 646. The first kappa shape index (κ1) is 21.0. The summed E-state index contributed by atoms with van der Waals surface area (Å²) in [5.41, 5.74) is 1.03. The number of halogens is 1. The molecule has 2 saturated heterocycles. The standard InChI is InChI=1S/C21H33FN4O2/c1-16-14-26(13-12-25(16)15-17(2)27)21(28)18(3)23-8-10-24(11-9-23)20-6-4-19(22)5-7-20/h4-7,16-18,27H,8-15H2,1-3H3. The van der Waals surface area contributed by atoms with Gasteiger partial charge in [-0.2, -0.15) is 0 Å². The van der Waals surface area contributed by atoms with Gasteiger partial charge in [-0.05, 0) is 45.0 Å². The molecule has 6 nitrogen and oxygen atoms in total. The predicted octanol–water partition coefficient (Wildman–Crippen LogP) is 1.25. The van der Waals surface area contributed by atoms with Gasteiger partial charge in [0.25, 0.3) is 0 Å². The van der Waals surface area contributed by atoms with Crippen molar-refractivity contribution in [1.29, 1.82) is 0 Å². The first-order chi connectivity index (χ1) is 13.3. The van der Waals surface area contributed by atoms with Crippen LogP contribution in [0.5, 0.6) is 0 Å². The van der Waals surface area contributed by atoms with Crippen LogP contribution in [0, 0.1) is 5.82 Å². The van der Waals surface area contributed by atoms with Crippen molar-refractivity contribution < 1.29 is 14.3 Å². The van der Waals surface area contributed by atoms with Gasteiger partial charge in [0.15, 0.2) is 0 Å². The zero-order valence-corrected chi connectivity index (χ0v) is 17.2. The van der Waals surface area contributed by atoms with Crippen molar-refractivity contribution in [3.63, 3.8) is 0 Å². The van der Waals surface area contributed by atoms with Crippen LogP contribution in [-0.4, -0.2) is 96.3 Å². The molecule has 156 valence electrons. The molecule has 1 amide bonds. The van der Waals surface area contributed by atoms with Crippen LogP contribution in [0.1, 0.15) is 20.8 Å². The Morgan fingerprint density at radius 1 is 1.11 bits per heavy atom. The molecule has 2 heterocycles. The lowest BCUT2D eigenvalue weighted by Gasteiger charge is -2.43. The van der Waals surface area contributed by atoms with Crippen molar-refractivity contribution in [1.82, 2.24) is 14.7 Å². The van der Waals surface area contributed by atoms with E-state index in [4.69, 9.17) is 0 Å². The molecule has 3 atom stereocenters. The minimum absolute atomic E-state index is 0.133. The van der Waals surface area contributed by atoms with Crippen molar-refractivity contribution in [3.05, 3.63) is 30.1 Å². The number of anilines is 1. The van der Waals surface area contributed by atoms with Gasteiger partial charge < -0.3 is 14.9 Å². The van der Waals surface area contributed by atoms with Crippen molar-refractivity contribution >= 4 is 11.6 Å². The molecule has 28 heavy (non-hydrogen) atoms. The molecule has 1 N–H and O–H groups in total. The Kier molecular flexibility index (Phi) is 6.91. The van der Waals surface area contributed by atoms with E-state index < -0.39 is 0 Å². The molecule has 0 radical (unpaired) electrons. The van der Waals surface area contributed by atoms with Gasteiger partial charge >= 0.3 is 0 Å². The molecule has 0 saturated carbocycles. The Hall–Kier alpha value is -1.70. The molecule has 1 aromatic carbocycles. The molecule has 3 unspecified atom stereocenters. The molecule has 7 heteroatoms. The number of benzene rings is 1. The largest absolute Gasteiger partial charge is 0.392 e. The first-order valence-corrected chi connectivity index (χ1v) is 10.3. The lowest BCUT2D eigenvalue weighted by atomic mass is 10.1. The summed E-state index contributed by atoms with van der Waals surface area (Å²) >= 11 is 0. The van der Waals surface area contributed by atoms with Crippen LogP contribution in [0.15, 0.2) is 24.3 Å². The van der Waals surface area contributed by atoms with Crippen molar-refractivity contribution in [2.75, 3.05) is 57.3 Å². The van der Waals surface area contributed by atoms with E-state index in [9.17, 15) is 14.3 Å². The average molecular weight is 393 g/mol. The third kappa shape index (κ3) is 5.01. The summed E-state index contributed by atoms with van der Waals surface area (Å²) in [5, 5.41) is 9.62. The van der Waals surface area contributed by atoms with Gasteiger partial charge in [-0.15, -0.1) is 0 Å². The molecular weight excluding hydrogens is 359 g/mol. The summed E-state index contributed by atoms with van der Waals surface area (Å²) in [4.78, 5) is 21.7. The average Bonchev–Trinajstić information content (AvgIpc) is 2.69. The highest BCUT2D eigenvalue weighted by molar-refractivity contribution is 5.81. The molecule has 3 rings (SSSR count). The van der Waals surface area contributed by atoms with Crippen molar-refractivity contribution in [3.8, 4) is 0 Å². The quantitative estimate of drug-likeness (QED) is 0.817. The Morgan fingerprint density at radius 2 is 1.75 bits per heavy atom. The Balaban J connectivity index is 1.50. The zero-order chi connectivity index (χ0) is 20.3. The summed E-state index contributed by atoms with van der Waals surface area (Å²) in [6.45, 7) is 12.1. The number of hydrogen-bond donors (Lipinski definition) is 1. The van der Waals surface area contributed by atoms with Gasteiger partial charge in [-0.3, -0.25) is 14.6 Å². The summed E-state index contributed by atoms with van der Waals surface area (Å²) in [7, 11) is 0. The van der Waals surface area contributed by atoms with Crippen LogP contribution >= 0.6 is 0 Å². The van der Waals surface area contributed by atoms with Gasteiger partial charge in [-0.1, -0.05) is 0 Å². The van der Waals surface area contributed by atoms with Crippen LogP contribution in [-0.2, 0) is 4.79 Å². The highest BCUT2D eigenvalue weighted by Gasteiger charge is 2.32. The maximum Gasteiger partial charge on any atom is 0.239 e. The van der Waals surface area contributed by atoms with Crippen LogP contribution in [0.3, 0.4) is 0 Å². The SMILES string of the molecule is CC(O)CN1CCN(C(=O)C(C)N2CCN(c3ccc(F)cc3)CC2)CC1C. The topological polar surface area (TPSA) is 50.3 Å². The molecule has 2 aliphatic heterocycles. The second kappa shape index (κ2) is 9.20. The van der Waals surface area contributed by atoms with E-state index in [1.165, 1.54) is 12.1 Å². The minimum atomic E-state index is -0.346. The number of hydrogen-bond acceptors (Lipinski definition) is 5. The fourth-order valence-corrected chi connectivity index (χ4v) is 4.25. The number of aliphatic hydroxyl groups excluding tert-OH is 1. The predicted molar refractivity (Wildman–Crippen MR) is 109 cm³/mol. The zero-order valence-electron chi connectivity index (χ0n) is 17.2. The fraction of sp³-hybridized carbons (Fsp3) is 0.667. The monoisotopic (exact) mass is 392 g/mol. The van der Waals surface area contributed by atoms with E-state index >= 15 is 0 Å². The van der Waals surface area contributed by atoms with Crippen molar-refractivity contribution in [2.45, 2.75) is 39.0 Å². The van der Waals surface area contributed by atoms with Gasteiger partial charge in [-0.25, -0.2) is 4.39 Å². The van der Waals surface area contributed by atoms with Gasteiger partial charge in [0, 0.05) is 64.1 Å². The molecule has 1 aromatic rings. The van der Waals surface area contributed by atoms with Crippen LogP contribution in [0.25, 0.3) is 0 Å². The lowest BCUT2D eigenvalue weighted by Crippen LogP contribution is -2.59. The Labute approximate surface area is 167 Å². The van der Waals surface area contributed by atoms with Crippen LogP contribution < -0.4 is 4.90 Å². The molecule has 0 aromatic heterocycles. The van der Waals surface area contributed by atoms with Gasteiger partial charge in [0.1, 0.15) is 5.82 Å². The third-order valence-electron chi connectivity index (χ3n) is 5.99. The van der Waals surface area contributed by atoms with E-state index in [1.807, 2.05) is 24.0 Å². The number of rotatable bonds is 5. The smallest absolute Gasteiger partial charge is 0.239 e. The molecule has 0 aliphatic carbocycles. The first-order valence-electron chi connectivity index (χ1n) is 10.3. The fourth-order valence-electron chi connectivity index (χ4n) is 4.25. The van der Waals surface area contributed by atoms with Gasteiger partial charge in [0.05, 0.1) is 12.1 Å². The minimum Gasteiger partial charge on any atom is -0.392 e. The number of nitrogens with zero attached hydrogens (tertiary/aromatic N) is 4. The molecule has 2 aliphatic rings. The van der Waals surface area contributed by atoms with Crippen molar-refractivity contribution in [2.24, 2.45) is 0 Å². The van der Waals surface area contributed by atoms with E-state index in [2.05, 4.69) is 21.6 Å². The third-order valence-corrected chi connectivity index (χ3v) is 5.99. The second-order valence-corrected chi connectivity index (χ2v) is 8.15. The number of amides is 1. The highest BCUT2D eigenvalue weighted by Crippen LogP contribution is 2.19. The molecular formula is C21H33FN4O2. The molecule has 0 bridgehead atoms. The number of piperazine rings is 2. The summed E-state index contributed by atoms with van der Waals surface area (Å²) in [6, 6.07) is 6.74.